The fourth-order valence-corrected chi connectivity index (χ4v) is 4.58. The van der Waals surface area contributed by atoms with Crippen LogP contribution in [-0.4, -0.2) is 13.4 Å². The van der Waals surface area contributed by atoms with Crippen molar-refractivity contribution in [2.75, 3.05) is 4.72 Å². The van der Waals surface area contributed by atoms with Gasteiger partial charge in [0.05, 0.1) is 27.8 Å². The third-order valence-corrected chi connectivity index (χ3v) is 6.50. The fraction of sp³-hybridized carbons (Fsp3) is 0.0833. The summed E-state index contributed by atoms with van der Waals surface area (Å²) in [4.78, 5) is 14.0. The third kappa shape index (κ3) is 4.94. The molecule has 0 spiro atoms. The first kappa shape index (κ1) is 23.1. The van der Waals surface area contributed by atoms with Gasteiger partial charge in [-0.1, -0.05) is 24.3 Å². The Kier molecular flexibility index (Phi) is 5.89. The highest BCUT2D eigenvalue weighted by molar-refractivity contribution is 7.92. The minimum Gasteiger partial charge on any atom is -0.322 e. The molecule has 0 saturated carbocycles. The van der Waals surface area contributed by atoms with Gasteiger partial charge in [-0.25, -0.2) is 8.42 Å². The first-order chi connectivity index (χ1) is 16.0. The molecule has 0 unspecified atom stereocenters. The largest absolute Gasteiger partial charge is 0.417 e. The minimum atomic E-state index is -4.68. The van der Waals surface area contributed by atoms with E-state index >= 15 is 0 Å². The molecule has 10 heteroatoms. The highest BCUT2D eigenvalue weighted by atomic mass is 32.2. The molecule has 34 heavy (non-hydrogen) atoms. The van der Waals surface area contributed by atoms with Gasteiger partial charge in [-0.3, -0.25) is 9.52 Å². The quantitative estimate of drug-likeness (QED) is 0.425. The number of alkyl halides is 3. The normalized spacial score (nSPS) is 11.8. The molecule has 2 N–H and O–H groups in total. The standard InChI is InChI=1S/C24H16F3N3O3S/c25-24(26,27)21-13-23(31)29-22-9-6-16(12-20(21)22)10-15-4-7-19(8-5-15)34(32,33)30-18-3-1-2-17(11-18)14-28/h1-9,11-13,30H,10H2,(H,29,31). The van der Waals surface area contributed by atoms with E-state index in [1.54, 1.807) is 30.3 Å². The zero-order chi connectivity index (χ0) is 24.5. The monoisotopic (exact) mass is 483 g/mol. The van der Waals surface area contributed by atoms with E-state index in [2.05, 4.69) is 9.71 Å². The number of anilines is 1. The van der Waals surface area contributed by atoms with Crippen molar-refractivity contribution in [2.45, 2.75) is 17.5 Å². The topological polar surface area (TPSA) is 103 Å². The molecule has 0 bridgehead atoms. The van der Waals surface area contributed by atoms with Gasteiger partial charge in [0.25, 0.3) is 10.0 Å². The smallest absolute Gasteiger partial charge is 0.322 e. The van der Waals surface area contributed by atoms with Crippen LogP contribution in [0.5, 0.6) is 0 Å². The zero-order valence-electron chi connectivity index (χ0n) is 17.3. The number of sulfonamides is 1. The van der Waals surface area contributed by atoms with Crippen molar-refractivity contribution >= 4 is 26.6 Å². The van der Waals surface area contributed by atoms with Crippen molar-refractivity contribution in [1.29, 1.82) is 5.26 Å². The summed E-state index contributed by atoms with van der Waals surface area (Å²) in [5.74, 6) is 0. The molecule has 6 nitrogen and oxygen atoms in total. The molecular weight excluding hydrogens is 467 g/mol. The first-order valence-corrected chi connectivity index (χ1v) is 11.4. The predicted octanol–water partition coefficient (Wildman–Crippen LogP) is 4.81. The number of nitrogens with zero attached hydrogens (tertiary/aromatic N) is 1. The SMILES string of the molecule is N#Cc1cccc(NS(=O)(=O)c2ccc(Cc3ccc4[nH]c(=O)cc(C(F)(F)F)c4c3)cc2)c1. The van der Waals surface area contributed by atoms with Crippen LogP contribution in [0.3, 0.4) is 0 Å². The number of aromatic amines is 1. The Labute approximate surface area is 192 Å². The molecule has 0 amide bonds. The summed E-state index contributed by atoms with van der Waals surface area (Å²) in [7, 11) is -3.90. The molecule has 4 aromatic rings. The summed E-state index contributed by atoms with van der Waals surface area (Å²) < 4.78 is 67.8. The Morgan fingerprint density at radius 1 is 0.941 bits per heavy atom. The van der Waals surface area contributed by atoms with Gasteiger partial charge in [0.1, 0.15) is 0 Å². The Bertz CT molecular complexity index is 1590. The summed E-state index contributed by atoms with van der Waals surface area (Å²) in [6.07, 6.45) is -4.43. The van der Waals surface area contributed by atoms with Gasteiger partial charge in [0.15, 0.2) is 0 Å². The van der Waals surface area contributed by atoms with E-state index in [9.17, 15) is 26.4 Å². The zero-order valence-corrected chi connectivity index (χ0v) is 18.2. The summed E-state index contributed by atoms with van der Waals surface area (Å²) in [6, 6.07) is 18.8. The van der Waals surface area contributed by atoms with Crippen LogP contribution in [0, 0.1) is 11.3 Å². The summed E-state index contributed by atoms with van der Waals surface area (Å²) in [5, 5.41) is 8.84. The van der Waals surface area contributed by atoms with E-state index in [0.29, 0.717) is 22.8 Å². The molecule has 1 aromatic heterocycles. The van der Waals surface area contributed by atoms with E-state index < -0.39 is 27.3 Å². The van der Waals surface area contributed by atoms with Crippen molar-refractivity contribution in [3.8, 4) is 6.07 Å². The maximum absolute atomic E-state index is 13.4. The second-order valence-corrected chi connectivity index (χ2v) is 9.23. The Hall–Kier alpha value is -4.10. The van der Waals surface area contributed by atoms with Gasteiger partial charge in [-0.2, -0.15) is 18.4 Å². The van der Waals surface area contributed by atoms with Crippen molar-refractivity contribution < 1.29 is 21.6 Å². The molecule has 0 fully saturated rings. The summed E-state index contributed by atoms with van der Waals surface area (Å²) in [5.41, 5.74) is 0.0336. The van der Waals surface area contributed by atoms with Crippen molar-refractivity contribution in [3.63, 3.8) is 0 Å². The molecular formula is C24H16F3N3O3S. The second-order valence-electron chi connectivity index (χ2n) is 7.54. The minimum absolute atomic E-state index is 0.00550. The van der Waals surface area contributed by atoms with Crippen LogP contribution < -0.4 is 10.3 Å². The number of nitrogens with one attached hydrogen (secondary N) is 2. The highest BCUT2D eigenvalue weighted by Gasteiger charge is 2.33. The molecule has 0 radical (unpaired) electrons. The molecule has 1 heterocycles. The average molecular weight is 483 g/mol. The summed E-state index contributed by atoms with van der Waals surface area (Å²) in [6.45, 7) is 0. The van der Waals surface area contributed by atoms with E-state index in [1.807, 2.05) is 6.07 Å². The van der Waals surface area contributed by atoms with E-state index in [-0.39, 0.29) is 27.9 Å². The van der Waals surface area contributed by atoms with Crippen LogP contribution >= 0.6 is 0 Å². The first-order valence-electron chi connectivity index (χ1n) is 9.90. The third-order valence-electron chi connectivity index (χ3n) is 5.10. The summed E-state index contributed by atoms with van der Waals surface area (Å²) >= 11 is 0. The molecule has 0 aliphatic rings. The molecule has 0 aliphatic carbocycles. The number of halogens is 3. The van der Waals surface area contributed by atoms with Crippen molar-refractivity contribution in [2.24, 2.45) is 0 Å². The molecule has 172 valence electrons. The molecule has 3 aromatic carbocycles. The Morgan fingerprint density at radius 2 is 1.65 bits per heavy atom. The Balaban J connectivity index is 1.58. The van der Waals surface area contributed by atoms with Crippen molar-refractivity contribution in [1.82, 2.24) is 4.98 Å². The lowest BCUT2D eigenvalue weighted by molar-refractivity contribution is -0.136. The second kappa shape index (κ2) is 8.68. The molecule has 0 saturated heterocycles. The number of benzene rings is 3. The van der Waals surface area contributed by atoms with Gasteiger partial charge >= 0.3 is 6.18 Å². The lowest BCUT2D eigenvalue weighted by atomic mass is 10.0. The van der Waals surface area contributed by atoms with Crippen LogP contribution in [-0.2, 0) is 22.6 Å². The van der Waals surface area contributed by atoms with E-state index in [4.69, 9.17) is 5.26 Å². The number of rotatable bonds is 5. The van der Waals surface area contributed by atoms with Crippen LogP contribution in [0.4, 0.5) is 18.9 Å². The lowest BCUT2D eigenvalue weighted by Gasteiger charge is -2.12. The van der Waals surface area contributed by atoms with Gasteiger partial charge in [0.2, 0.25) is 5.56 Å². The number of hydrogen-bond acceptors (Lipinski definition) is 4. The number of hydrogen-bond donors (Lipinski definition) is 2. The molecule has 0 atom stereocenters. The van der Waals surface area contributed by atoms with Gasteiger partial charge in [0, 0.05) is 17.0 Å². The maximum Gasteiger partial charge on any atom is 0.417 e. The van der Waals surface area contributed by atoms with Gasteiger partial charge in [-0.15, -0.1) is 0 Å². The molecule has 0 aliphatic heterocycles. The number of H-pyrrole nitrogens is 1. The van der Waals surface area contributed by atoms with Crippen LogP contribution in [0.15, 0.2) is 82.5 Å². The maximum atomic E-state index is 13.4. The van der Waals surface area contributed by atoms with E-state index in [0.717, 1.165) is 0 Å². The predicted molar refractivity (Wildman–Crippen MR) is 121 cm³/mol. The van der Waals surface area contributed by atoms with Crippen LogP contribution in [0.2, 0.25) is 0 Å². The van der Waals surface area contributed by atoms with E-state index in [1.165, 1.54) is 36.4 Å². The fourth-order valence-electron chi connectivity index (χ4n) is 3.53. The molecule has 4 rings (SSSR count). The number of pyridine rings is 1. The van der Waals surface area contributed by atoms with Gasteiger partial charge < -0.3 is 4.98 Å². The number of fused-ring (bicyclic) bond motifs is 1. The van der Waals surface area contributed by atoms with Crippen LogP contribution in [0.25, 0.3) is 10.9 Å². The lowest BCUT2D eigenvalue weighted by Crippen LogP contribution is -2.14. The number of nitriles is 1. The Morgan fingerprint density at radius 3 is 2.32 bits per heavy atom. The number of aromatic nitrogens is 1. The highest BCUT2D eigenvalue weighted by Crippen LogP contribution is 2.33. The van der Waals surface area contributed by atoms with Gasteiger partial charge in [-0.05, 0) is 60.0 Å². The average Bonchev–Trinajstić information content (AvgIpc) is 2.78. The van der Waals surface area contributed by atoms with Crippen LogP contribution in [0.1, 0.15) is 22.3 Å². The van der Waals surface area contributed by atoms with Crippen molar-refractivity contribution in [3.05, 3.63) is 105 Å².